The fourth-order valence-corrected chi connectivity index (χ4v) is 2.38. The first-order valence-corrected chi connectivity index (χ1v) is 7.18. The molecular weight excluding hydrogens is 345 g/mol. The van der Waals surface area contributed by atoms with Crippen molar-refractivity contribution < 1.29 is 13.2 Å². The van der Waals surface area contributed by atoms with E-state index in [0.717, 1.165) is 21.5 Å². The zero-order chi connectivity index (χ0) is 17.3. The SMILES string of the molecule is O=c1n(Cc2cccc(C(F)(F)F)c2)nnn1-c1ccccc1Cl. The first-order valence-electron chi connectivity index (χ1n) is 6.80. The Bertz CT molecular complexity index is 933. The lowest BCUT2D eigenvalue weighted by molar-refractivity contribution is -0.137. The molecule has 9 heteroatoms. The minimum absolute atomic E-state index is 0.132. The summed E-state index contributed by atoms with van der Waals surface area (Å²) < 4.78 is 40.2. The van der Waals surface area contributed by atoms with Crippen molar-refractivity contribution in [1.82, 2.24) is 19.8 Å². The number of alkyl halides is 3. The quantitative estimate of drug-likeness (QED) is 0.726. The third kappa shape index (κ3) is 3.18. The van der Waals surface area contributed by atoms with Crippen molar-refractivity contribution in [3.8, 4) is 5.69 Å². The van der Waals surface area contributed by atoms with E-state index in [2.05, 4.69) is 10.4 Å². The topological polar surface area (TPSA) is 52.7 Å². The van der Waals surface area contributed by atoms with E-state index in [1.165, 1.54) is 12.1 Å². The van der Waals surface area contributed by atoms with Crippen molar-refractivity contribution in [2.75, 3.05) is 0 Å². The standard InChI is InChI=1S/C15H10ClF3N4O/c16-12-6-1-2-7-13(12)23-14(24)22(20-21-23)9-10-4-3-5-11(8-10)15(17,18)19/h1-8H,9H2. The second-order valence-corrected chi connectivity index (χ2v) is 5.39. The van der Waals surface area contributed by atoms with Crippen LogP contribution in [0, 0.1) is 0 Å². The van der Waals surface area contributed by atoms with Gasteiger partial charge in [-0.25, -0.2) is 4.79 Å². The van der Waals surface area contributed by atoms with E-state index in [-0.39, 0.29) is 12.1 Å². The number of hydrogen-bond donors (Lipinski definition) is 0. The van der Waals surface area contributed by atoms with Gasteiger partial charge in [-0.15, -0.1) is 0 Å². The summed E-state index contributed by atoms with van der Waals surface area (Å²) in [6.45, 7) is -0.132. The molecule has 0 aliphatic rings. The molecule has 0 aliphatic carbocycles. The molecule has 0 spiro atoms. The molecule has 0 radical (unpaired) electrons. The summed E-state index contributed by atoms with van der Waals surface area (Å²) in [7, 11) is 0. The molecule has 0 atom stereocenters. The molecule has 5 nitrogen and oxygen atoms in total. The third-order valence-corrected chi connectivity index (χ3v) is 3.63. The lowest BCUT2D eigenvalue weighted by Crippen LogP contribution is -2.25. The number of nitrogens with zero attached hydrogens (tertiary/aromatic N) is 4. The van der Waals surface area contributed by atoms with Crippen molar-refractivity contribution in [2.24, 2.45) is 0 Å². The molecule has 3 rings (SSSR count). The molecule has 1 aromatic heterocycles. The maximum Gasteiger partial charge on any atom is 0.416 e. The summed E-state index contributed by atoms with van der Waals surface area (Å²) >= 11 is 6.01. The molecule has 0 saturated carbocycles. The third-order valence-electron chi connectivity index (χ3n) is 3.31. The highest BCUT2D eigenvalue weighted by Gasteiger charge is 2.30. The van der Waals surface area contributed by atoms with Crippen LogP contribution in [0.1, 0.15) is 11.1 Å². The second-order valence-electron chi connectivity index (χ2n) is 4.98. The van der Waals surface area contributed by atoms with Gasteiger partial charge in [-0.3, -0.25) is 0 Å². The van der Waals surface area contributed by atoms with Gasteiger partial charge in [-0.05, 0) is 40.3 Å². The monoisotopic (exact) mass is 354 g/mol. The highest BCUT2D eigenvalue weighted by atomic mass is 35.5. The summed E-state index contributed by atoms with van der Waals surface area (Å²) in [4.78, 5) is 12.3. The summed E-state index contributed by atoms with van der Waals surface area (Å²) in [5.41, 5.74) is -0.746. The van der Waals surface area contributed by atoms with Gasteiger partial charge >= 0.3 is 11.9 Å². The van der Waals surface area contributed by atoms with Crippen LogP contribution in [0.25, 0.3) is 5.69 Å². The maximum absolute atomic E-state index is 12.7. The first-order chi connectivity index (χ1) is 11.4. The molecule has 0 amide bonds. The molecule has 0 fully saturated rings. The van der Waals surface area contributed by atoms with Crippen LogP contribution in [0.5, 0.6) is 0 Å². The van der Waals surface area contributed by atoms with Crippen LogP contribution in [-0.4, -0.2) is 19.8 Å². The van der Waals surface area contributed by atoms with E-state index in [1.807, 2.05) is 0 Å². The van der Waals surface area contributed by atoms with Gasteiger partial charge in [0.25, 0.3) is 0 Å². The van der Waals surface area contributed by atoms with Crippen LogP contribution in [0.15, 0.2) is 53.3 Å². The van der Waals surface area contributed by atoms with E-state index in [9.17, 15) is 18.0 Å². The zero-order valence-corrected chi connectivity index (χ0v) is 12.8. The van der Waals surface area contributed by atoms with Crippen LogP contribution in [0.4, 0.5) is 13.2 Å². The van der Waals surface area contributed by atoms with Crippen LogP contribution < -0.4 is 5.69 Å². The fourth-order valence-electron chi connectivity index (χ4n) is 2.17. The Morgan fingerprint density at radius 2 is 1.79 bits per heavy atom. The molecule has 0 saturated heterocycles. The van der Waals surface area contributed by atoms with Crippen molar-refractivity contribution in [2.45, 2.75) is 12.7 Å². The Hall–Kier alpha value is -2.61. The van der Waals surface area contributed by atoms with Gasteiger partial charge < -0.3 is 0 Å². The van der Waals surface area contributed by atoms with E-state index >= 15 is 0 Å². The summed E-state index contributed by atoms with van der Waals surface area (Å²) in [6.07, 6.45) is -4.45. The molecular formula is C15H10ClF3N4O. The van der Waals surface area contributed by atoms with E-state index in [0.29, 0.717) is 10.7 Å². The molecule has 0 N–H and O–H groups in total. The Morgan fingerprint density at radius 1 is 1.04 bits per heavy atom. The van der Waals surface area contributed by atoms with Crippen molar-refractivity contribution >= 4 is 11.6 Å². The van der Waals surface area contributed by atoms with Gasteiger partial charge in [0.15, 0.2) is 0 Å². The number of benzene rings is 2. The Morgan fingerprint density at radius 3 is 2.50 bits per heavy atom. The molecule has 24 heavy (non-hydrogen) atoms. The van der Waals surface area contributed by atoms with E-state index < -0.39 is 17.4 Å². The fraction of sp³-hybridized carbons (Fsp3) is 0.133. The normalized spacial score (nSPS) is 11.7. The summed E-state index contributed by atoms with van der Waals surface area (Å²) in [5.74, 6) is 0. The molecule has 0 unspecified atom stereocenters. The number of hydrogen-bond acceptors (Lipinski definition) is 3. The van der Waals surface area contributed by atoms with Gasteiger partial charge in [0.05, 0.1) is 22.8 Å². The smallest absolute Gasteiger partial charge is 0.244 e. The van der Waals surface area contributed by atoms with Crippen molar-refractivity contribution in [3.63, 3.8) is 0 Å². The summed E-state index contributed by atoms with van der Waals surface area (Å²) in [5, 5.41) is 7.73. The Labute approximate surface area is 138 Å². The number of tetrazole rings is 1. The zero-order valence-electron chi connectivity index (χ0n) is 12.0. The molecule has 124 valence electrons. The van der Waals surface area contributed by atoms with Gasteiger partial charge in [0.1, 0.15) is 0 Å². The lowest BCUT2D eigenvalue weighted by Gasteiger charge is -2.08. The van der Waals surface area contributed by atoms with Crippen LogP contribution >= 0.6 is 11.6 Å². The highest BCUT2D eigenvalue weighted by Crippen LogP contribution is 2.29. The predicted octanol–water partition coefficient (Wildman–Crippen LogP) is 3.15. The lowest BCUT2D eigenvalue weighted by atomic mass is 10.1. The van der Waals surface area contributed by atoms with Crippen molar-refractivity contribution in [1.29, 1.82) is 0 Å². The number of aromatic nitrogens is 4. The van der Waals surface area contributed by atoms with Gasteiger partial charge in [-0.2, -0.15) is 22.5 Å². The van der Waals surface area contributed by atoms with Gasteiger partial charge in [-0.1, -0.05) is 35.9 Å². The largest absolute Gasteiger partial charge is 0.416 e. The summed E-state index contributed by atoms with van der Waals surface area (Å²) in [6, 6.07) is 11.3. The van der Waals surface area contributed by atoms with Gasteiger partial charge in [0.2, 0.25) is 0 Å². The van der Waals surface area contributed by atoms with Crippen LogP contribution in [-0.2, 0) is 12.7 Å². The number of rotatable bonds is 3. The predicted molar refractivity (Wildman–Crippen MR) is 81.2 cm³/mol. The van der Waals surface area contributed by atoms with Crippen LogP contribution in [0.2, 0.25) is 5.02 Å². The number of para-hydroxylation sites is 1. The maximum atomic E-state index is 12.7. The Kier molecular flexibility index (Phi) is 4.15. The molecule has 3 aromatic rings. The molecule has 2 aromatic carbocycles. The minimum Gasteiger partial charge on any atom is -0.244 e. The molecule has 0 bridgehead atoms. The van der Waals surface area contributed by atoms with Gasteiger partial charge in [0, 0.05) is 0 Å². The van der Waals surface area contributed by atoms with E-state index in [4.69, 9.17) is 11.6 Å². The van der Waals surface area contributed by atoms with Crippen molar-refractivity contribution in [3.05, 3.63) is 75.2 Å². The first kappa shape index (κ1) is 16.3. The highest BCUT2D eigenvalue weighted by molar-refractivity contribution is 6.32. The average Bonchev–Trinajstić information content (AvgIpc) is 2.88. The molecule has 0 aliphatic heterocycles. The average molecular weight is 355 g/mol. The minimum atomic E-state index is -4.45. The second kappa shape index (κ2) is 6.12. The van der Waals surface area contributed by atoms with E-state index in [1.54, 1.807) is 24.3 Å². The molecule has 1 heterocycles. The number of halogens is 4. The Balaban J connectivity index is 1.93. The van der Waals surface area contributed by atoms with Crippen LogP contribution in [0.3, 0.4) is 0 Å².